The van der Waals surface area contributed by atoms with E-state index in [-0.39, 0.29) is 12.8 Å². The fraction of sp³-hybridized carbons (Fsp3) is 0.333. The Morgan fingerprint density at radius 3 is 2.29 bits per heavy atom. The Bertz CT molecular complexity index is 399. The Hall–Kier alpha value is -2.04. The number of hydrogen-bond acceptors (Lipinski definition) is 3. The van der Waals surface area contributed by atoms with Crippen LogP contribution in [-0.4, -0.2) is 28.2 Å². The van der Waals surface area contributed by atoms with Crippen molar-refractivity contribution in [2.75, 3.05) is 5.32 Å². The second kappa shape index (κ2) is 5.89. The van der Waals surface area contributed by atoms with Gasteiger partial charge in [0.2, 0.25) is 0 Å². The van der Waals surface area contributed by atoms with E-state index in [2.05, 4.69) is 5.32 Å². The van der Waals surface area contributed by atoms with Crippen molar-refractivity contribution in [3.8, 4) is 0 Å². The second-order valence-electron chi connectivity index (χ2n) is 3.83. The highest BCUT2D eigenvalue weighted by Gasteiger charge is 2.18. The minimum Gasteiger partial charge on any atom is -0.481 e. The Morgan fingerprint density at radius 1 is 1.24 bits per heavy atom. The molecule has 0 aromatic heterocycles. The smallest absolute Gasteiger partial charge is 0.326 e. The van der Waals surface area contributed by atoms with Gasteiger partial charge >= 0.3 is 11.9 Å². The van der Waals surface area contributed by atoms with Crippen LogP contribution in [0.1, 0.15) is 18.4 Å². The summed E-state index contributed by atoms with van der Waals surface area (Å²) in [5.74, 6) is -2.05. The second-order valence-corrected chi connectivity index (χ2v) is 3.83. The van der Waals surface area contributed by atoms with Gasteiger partial charge < -0.3 is 15.5 Å². The Kier molecular flexibility index (Phi) is 4.51. The summed E-state index contributed by atoms with van der Waals surface area (Å²) in [6.07, 6.45) is -0.117. The first-order valence-corrected chi connectivity index (χ1v) is 5.27. The number of carbonyl (C=O) groups is 2. The average Bonchev–Trinajstić information content (AvgIpc) is 2.26. The third kappa shape index (κ3) is 4.55. The highest BCUT2D eigenvalue weighted by Crippen LogP contribution is 2.12. The number of nitrogens with one attached hydrogen (secondary N) is 1. The summed E-state index contributed by atoms with van der Waals surface area (Å²) in [5, 5.41) is 20.3. The molecule has 1 atom stereocenters. The number of aryl methyl sites for hydroxylation is 1. The Labute approximate surface area is 99.1 Å². The SMILES string of the molecule is Cc1ccc(N[C@H](CCC(=O)O)C(=O)O)cc1. The van der Waals surface area contributed by atoms with Gasteiger partial charge in [0.15, 0.2) is 0 Å². The van der Waals surface area contributed by atoms with Gasteiger partial charge in [0.25, 0.3) is 0 Å². The fourth-order valence-corrected chi connectivity index (χ4v) is 1.38. The van der Waals surface area contributed by atoms with Crippen LogP contribution in [0, 0.1) is 6.92 Å². The summed E-state index contributed by atoms with van der Waals surface area (Å²) in [5.41, 5.74) is 1.75. The average molecular weight is 237 g/mol. The molecule has 0 aliphatic carbocycles. The monoisotopic (exact) mass is 237 g/mol. The summed E-state index contributed by atoms with van der Waals surface area (Å²) >= 11 is 0. The first-order valence-electron chi connectivity index (χ1n) is 5.27. The van der Waals surface area contributed by atoms with Crippen LogP contribution >= 0.6 is 0 Å². The number of hydrogen-bond donors (Lipinski definition) is 3. The summed E-state index contributed by atoms with van der Waals surface area (Å²) in [7, 11) is 0. The third-order valence-electron chi connectivity index (χ3n) is 2.34. The third-order valence-corrected chi connectivity index (χ3v) is 2.34. The fourth-order valence-electron chi connectivity index (χ4n) is 1.38. The minimum atomic E-state index is -1.05. The van der Waals surface area contributed by atoms with E-state index in [1.54, 1.807) is 12.1 Å². The standard InChI is InChI=1S/C12H15NO4/c1-8-2-4-9(5-3-8)13-10(12(16)17)6-7-11(14)15/h2-5,10,13H,6-7H2,1H3,(H,14,15)(H,16,17)/t10-/m1/s1. The number of benzene rings is 1. The van der Waals surface area contributed by atoms with E-state index >= 15 is 0 Å². The lowest BCUT2D eigenvalue weighted by molar-refractivity contribution is -0.139. The molecule has 5 nitrogen and oxygen atoms in total. The van der Waals surface area contributed by atoms with Crippen LogP contribution in [0.4, 0.5) is 5.69 Å². The molecule has 0 aliphatic rings. The normalized spacial score (nSPS) is 11.8. The predicted octanol–water partition coefficient (Wildman–Crippen LogP) is 1.72. The lowest BCUT2D eigenvalue weighted by Crippen LogP contribution is -2.29. The van der Waals surface area contributed by atoms with Crippen molar-refractivity contribution in [3.05, 3.63) is 29.8 Å². The molecule has 0 amide bonds. The Morgan fingerprint density at radius 2 is 1.82 bits per heavy atom. The molecule has 0 saturated carbocycles. The van der Waals surface area contributed by atoms with Crippen molar-refractivity contribution in [3.63, 3.8) is 0 Å². The topological polar surface area (TPSA) is 86.6 Å². The van der Waals surface area contributed by atoms with Gasteiger partial charge in [-0.3, -0.25) is 4.79 Å². The Balaban J connectivity index is 2.63. The number of anilines is 1. The van der Waals surface area contributed by atoms with Gasteiger partial charge in [-0.2, -0.15) is 0 Å². The van der Waals surface area contributed by atoms with Crippen LogP contribution in [-0.2, 0) is 9.59 Å². The number of aliphatic carboxylic acids is 2. The van der Waals surface area contributed by atoms with E-state index < -0.39 is 18.0 Å². The molecule has 0 radical (unpaired) electrons. The predicted molar refractivity (Wildman–Crippen MR) is 63.1 cm³/mol. The van der Waals surface area contributed by atoms with Crippen LogP contribution in [0.2, 0.25) is 0 Å². The van der Waals surface area contributed by atoms with Crippen molar-refractivity contribution in [1.82, 2.24) is 0 Å². The van der Waals surface area contributed by atoms with Crippen molar-refractivity contribution in [1.29, 1.82) is 0 Å². The van der Waals surface area contributed by atoms with E-state index in [0.29, 0.717) is 5.69 Å². The molecule has 1 rings (SSSR count). The van der Waals surface area contributed by atoms with Crippen LogP contribution < -0.4 is 5.32 Å². The summed E-state index contributed by atoms with van der Waals surface area (Å²) in [4.78, 5) is 21.3. The summed E-state index contributed by atoms with van der Waals surface area (Å²) in [6, 6.07) is 6.38. The van der Waals surface area contributed by atoms with Gasteiger partial charge in [-0.05, 0) is 25.5 Å². The van der Waals surface area contributed by atoms with E-state index in [0.717, 1.165) is 5.56 Å². The van der Waals surface area contributed by atoms with Crippen LogP contribution in [0.3, 0.4) is 0 Å². The van der Waals surface area contributed by atoms with Crippen molar-refractivity contribution >= 4 is 17.6 Å². The van der Waals surface area contributed by atoms with Crippen LogP contribution in [0.15, 0.2) is 24.3 Å². The number of rotatable bonds is 6. The molecule has 1 aromatic carbocycles. The first kappa shape index (κ1) is 13.0. The molecular formula is C12H15NO4. The molecule has 17 heavy (non-hydrogen) atoms. The number of carboxylic acids is 2. The molecule has 0 saturated heterocycles. The number of carboxylic acid groups (broad SMARTS) is 2. The lowest BCUT2D eigenvalue weighted by Gasteiger charge is -2.14. The van der Waals surface area contributed by atoms with Gasteiger partial charge in [-0.1, -0.05) is 17.7 Å². The molecule has 1 aromatic rings. The van der Waals surface area contributed by atoms with E-state index in [4.69, 9.17) is 10.2 Å². The minimum absolute atomic E-state index is 0.0541. The van der Waals surface area contributed by atoms with E-state index in [1.165, 1.54) is 0 Å². The van der Waals surface area contributed by atoms with Crippen molar-refractivity contribution in [2.24, 2.45) is 0 Å². The molecule has 0 bridgehead atoms. The van der Waals surface area contributed by atoms with Gasteiger partial charge in [-0.15, -0.1) is 0 Å². The van der Waals surface area contributed by atoms with Crippen LogP contribution in [0.5, 0.6) is 0 Å². The largest absolute Gasteiger partial charge is 0.481 e. The van der Waals surface area contributed by atoms with Crippen LogP contribution in [0.25, 0.3) is 0 Å². The van der Waals surface area contributed by atoms with Crippen molar-refractivity contribution in [2.45, 2.75) is 25.8 Å². The zero-order valence-corrected chi connectivity index (χ0v) is 9.51. The molecule has 5 heteroatoms. The maximum absolute atomic E-state index is 10.9. The molecule has 0 aliphatic heterocycles. The van der Waals surface area contributed by atoms with Gasteiger partial charge in [-0.25, -0.2) is 4.79 Å². The molecular weight excluding hydrogens is 222 g/mol. The van der Waals surface area contributed by atoms with Gasteiger partial charge in [0, 0.05) is 12.1 Å². The zero-order valence-electron chi connectivity index (χ0n) is 9.51. The highest BCUT2D eigenvalue weighted by molar-refractivity contribution is 5.78. The molecule has 0 fully saturated rings. The van der Waals surface area contributed by atoms with E-state index in [9.17, 15) is 9.59 Å². The van der Waals surface area contributed by atoms with E-state index in [1.807, 2.05) is 19.1 Å². The molecule has 92 valence electrons. The maximum atomic E-state index is 10.9. The highest BCUT2D eigenvalue weighted by atomic mass is 16.4. The summed E-state index contributed by atoms with van der Waals surface area (Å²) < 4.78 is 0. The molecule has 3 N–H and O–H groups in total. The molecule has 0 heterocycles. The lowest BCUT2D eigenvalue weighted by atomic mass is 10.1. The zero-order chi connectivity index (χ0) is 12.8. The van der Waals surface area contributed by atoms with Crippen molar-refractivity contribution < 1.29 is 19.8 Å². The summed E-state index contributed by atoms with van der Waals surface area (Å²) in [6.45, 7) is 1.93. The molecule has 0 unspecified atom stereocenters. The van der Waals surface area contributed by atoms with Gasteiger partial charge in [0.05, 0.1) is 0 Å². The maximum Gasteiger partial charge on any atom is 0.326 e. The molecule has 0 spiro atoms. The quantitative estimate of drug-likeness (QED) is 0.701. The van der Waals surface area contributed by atoms with Gasteiger partial charge in [0.1, 0.15) is 6.04 Å². The first-order chi connectivity index (χ1) is 7.99.